The van der Waals surface area contributed by atoms with E-state index in [1.54, 1.807) is 42.5 Å². The summed E-state index contributed by atoms with van der Waals surface area (Å²) in [5.41, 5.74) is 2.22. The monoisotopic (exact) mass is 324 g/mol. The number of carbonyl (C=O) groups excluding carboxylic acids is 2. The lowest BCUT2D eigenvalue weighted by Gasteiger charge is -2.21. The summed E-state index contributed by atoms with van der Waals surface area (Å²) >= 11 is 5.24. The lowest BCUT2D eigenvalue weighted by Crippen LogP contribution is -2.34. The molecule has 2 N–H and O–H groups in total. The summed E-state index contributed by atoms with van der Waals surface area (Å²) in [6, 6.07) is 12.2. The molecule has 23 heavy (non-hydrogen) atoms. The molecule has 2 aromatic carbocycles. The van der Waals surface area contributed by atoms with Gasteiger partial charge in [-0.15, -0.1) is 0 Å². The Kier molecular flexibility index (Phi) is 3.96. The van der Waals surface area contributed by atoms with Crippen molar-refractivity contribution in [2.45, 2.75) is 19.9 Å². The first kappa shape index (κ1) is 15.4. The summed E-state index contributed by atoms with van der Waals surface area (Å²) in [6.07, 6.45) is 0. The second kappa shape index (κ2) is 5.93. The van der Waals surface area contributed by atoms with Crippen LogP contribution in [0.5, 0.6) is 0 Å². The van der Waals surface area contributed by atoms with Crippen molar-refractivity contribution in [1.82, 2.24) is 5.32 Å². The standard InChI is InChI=1S/C18H16N2O2S/c1-10(2)19-18(23)20-14-9-5-8-13-15(14)17(22)12-7-4-3-6-11(12)16(13)21/h3-10H,1-2H3,(H2,19,20,23). The van der Waals surface area contributed by atoms with Crippen molar-refractivity contribution in [1.29, 1.82) is 0 Å². The first-order valence-corrected chi connectivity index (χ1v) is 7.79. The highest BCUT2D eigenvalue weighted by molar-refractivity contribution is 7.80. The number of hydrogen-bond donors (Lipinski definition) is 2. The Morgan fingerprint density at radius 3 is 2.17 bits per heavy atom. The van der Waals surface area contributed by atoms with E-state index >= 15 is 0 Å². The summed E-state index contributed by atoms with van der Waals surface area (Å²) in [6.45, 7) is 3.94. The predicted molar refractivity (Wildman–Crippen MR) is 94.2 cm³/mol. The van der Waals surface area contributed by atoms with Gasteiger partial charge in [-0.1, -0.05) is 36.4 Å². The Balaban J connectivity index is 2.06. The van der Waals surface area contributed by atoms with Crippen molar-refractivity contribution in [3.05, 3.63) is 64.7 Å². The Morgan fingerprint density at radius 1 is 0.913 bits per heavy atom. The minimum absolute atomic E-state index is 0.137. The number of benzene rings is 2. The zero-order chi connectivity index (χ0) is 16.6. The van der Waals surface area contributed by atoms with Crippen molar-refractivity contribution in [3.8, 4) is 0 Å². The summed E-state index contributed by atoms with van der Waals surface area (Å²) in [5.74, 6) is -0.299. The molecule has 0 spiro atoms. The van der Waals surface area contributed by atoms with Gasteiger partial charge in [0.15, 0.2) is 16.7 Å². The van der Waals surface area contributed by atoms with E-state index in [9.17, 15) is 9.59 Å². The highest BCUT2D eigenvalue weighted by Gasteiger charge is 2.31. The maximum absolute atomic E-state index is 12.8. The number of rotatable bonds is 2. The van der Waals surface area contributed by atoms with Crippen LogP contribution >= 0.6 is 12.2 Å². The number of anilines is 1. The van der Waals surface area contributed by atoms with Gasteiger partial charge in [0.2, 0.25) is 0 Å². The van der Waals surface area contributed by atoms with Crippen LogP contribution in [0.25, 0.3) is 0 Å². The van der Waals surface area contributed by atoms with Gasteiger partial charge in [0, 0.05) is 22.7 Å². The van der Waals surface area contributed by atoms with Gasteiger partial charge in [0.05, 0.1) is 11.3 Å². The zero-order valence-electron chi connectivity index (χ0n) is 12.8. The molecule has 0 radical (unpaired) electrons. The molecule has 0 atom stereocenters. The van der Waals surface area contributed by atoms with E-state index in [4.69, 9.17) is 12.2 Å². The first-order valence-electron chi connectivity index (χ1n) is 7.38. The van der Waals surface area contributed by atoms with Crippen molar-refractivity contribution in [2.75, 3.05) is 5.32 Å². The normalized spacial score (nSPS) is 12.7. The lowest BCUT2D eigenvalue weighted by atomic mass is 9.83. The van der Waals surface area contributed by atoms with Gasteiger partial charge in [-0.25, -0.2) is 0 Å². The minimum Gasteiger partial charge on any atom is -0.360 e. The SMILES string of the molecule is CC(C)NC(=S)Nc1cccc2c1C(=O)c1ccccc1C2=O. The molecular formula is C18H16N2O2S. The second-order valence-electron chi connectivity index (χ2n) is 5.69. The Labute approximate surface area is 139 Å². The predicted octanol–water partition coefficient (Wildman–Crippen LogP) is 3.16. The van der Waals surface area contributed by atoms with E-state index in [1.165, 1.54) is 0 Å². The van der Waals surface area contributed by atoms with E-state index in [0.717, 1.165) is 0 Å². The molecule has 0 saturated carbocycles. The molecule has 0 saturated heterocycles. The van der Waals surface area contributed by atoms with Gasteiger partial charge in [0.1, 0.15) is 0 Å². The van der Waals surface area contributed by atoms with Crippen LogP contribution in [0.2, 0.25) is 0 Å². The Bertz CT molecular complexity index is 828. The third kappa shape index (κ3) is 2.75. The fourth-order valence-electron chi connectivity index (χ4n) is 2.67. The summed E-state index contributed by atoms with van der Waals surface area (Å²) < 4.78 is 0. The molecule has 0 bridgehead atoms. The van der Waals surface area contributed by atoms with Crippen LogP contribution in [0.1, 0.15) is 45.7 Å². The zero-order valence-corrected chi connectivity index (χ0v) is 13.7. The molecule has 116 valence electrons. The fraction of sp³-hybridized carbons (Fsp3) is 0.167. The minimum atomic E-state index is -0.161. The van der Waals surface area contributed by atoms with Gasteiger partial charge in [-0.2, -0.15) is 0 Å². The van der Waals surface area contributed by atoms with E-state index in [1.807, 2.05) is 13.8 Å². The first-order chi connectivity index (χ1) is 11.0. The van der Waals surface area contributed by atoms with Crippen molar-refractivity contribution in [2.24, 2.45) is 0 Å². The van der Waals surface area contributed by atoms with Crippen LogP contribution < -0.4 is 10.6 Å². The molecule has 2 aromatic rings. The number of hydrogen-bond acceptors (Lipinski definition) is 3. The third-order valence-electron chi connectivity index (χ3n) is 3.62. The average molecular weight is 324 g/mol. The smallest absolute Gasteiger partial charge is 0.196 e. The van der Waals surface area contributed by atoms with Crippen LogP contribution in [-0.2, 0) is 0 Å². The lowest BCUT2D eigenvalue weighted by molar-refractivity contribution is 0.0979. The number of fused-ring (bicyclic) bond motifs is 2. The topological polar surface area (TPSA) is 58.2 Å². The van der Waals surface area contributed by atoms with E-state index < -0.39 is 0 Å². The molecule has 4 nitrogen and oxygen atoms in total. The molecule has 0 unspecified atom stereocenters. The summed E-state index contributed by atoms with van der Waals surface area (Å²) in [7, 11) is 0. The van der Waals surface area contributed by atoms with E-state index in [2.05, 4.69) is 10.6 Å². The van der Waals surface area contributed by atoms with Crippen molar-refractivity contribution >= 4 is 34.6 Å². The maximum atomic E-state index is 12.8. The Morgan fingerprint density at radius 2 is 1.52 bits per heavy atom. The molecule has 5 heteroatoms. The molecule has 3 rings (SSSR count). The molecule has 0 fully saturated rings. The number of thiocarbonyl (C=S) groups is 1. The van der Waals surface area contributed by atoms with Crippen molar-refractivity contribution < 1.29 is 9.59 Å². The molecule has 1 aliphatic rings. The number of ketones is 2. The van der Waals surface area contributed by atoms with Crippen LogP contribution in [0, 0.1) is 0 Å². The van der Waals surface area contributed by atoms with Crippen LogP contribution in [-0.4, -0.2) is 22.7 Å². The van der Waals surface area contributed by atoms with E-state index in [-0.39, 0.29) is 17.6 Å². The molecular weight excluding hydrogens is 308 g/mol. The number of carbonyl (C=O) groups is 2. The van der Waals surface area contributed by atoms with Crippen LogP contribution in [0.4, 0.5) is 5.69 Å². The molecule has 1 aliphatic carbocycles. The molecule has 0 aromatic heterocycles. The van der Waals surface area contributed by atoms with Crippen LogP contribution in [0.3, 0.4) is 0 Å². The number of nitrogens with one attached hydrogen (secondary N) is 2. The largest absolute Gasteiger partial charge is 0.360 e. The summed E-state index contributed by atoms with van der Waals surface area (Å²) in [5, 5.41) is 6.52. The molecule has 0 heterocycles. The fourth-order valence-corrected chi connectivity index (χ4v) is 3.02. The Hall–Kier alpha value is -2.53. The third-order valence-corrected chi connectivity index (χ3v) is 3.84. The van der Waals surface area contributed by atoms with E-state index in [0.29, 0.717) is 33.1 Å². The van der Waals surface area contributed by atoms with Gasteiger partial charge < -0.3 is 10.6 Å². The van der Waals surface area contributed by atoms with Crippen LogP contribution in [0.15, 0.2) is 42.5 Å². The highest BCUT2D eigenvalue weighted by Crippen LogP contribution is 2.31. The van der Waals surface area contributed by atoms with Gasteiger partial charge in [-0.3, -0.25) is 9.59 Å². The quantitative estimate of drug-likeness (QED) is 0.709. The molecule has 0 aliphatic heterocycles. The van der Waals surface area contributed by atoms with Gasteiger partial charge >= 0.3 is 0 Å². The maximum Gasteiger partial charge on any atom is 0.196 e. The second-order valence-corrected chi connectivity index (χ2v) is 6.09. The average Bonchev–Trinajstić information content (AvgIpc) is 2.51. The van der Waals surface area contributed by atoms with Gasteiger partial charge in [0.25, 0.3) is 0 Å². The molecule has 0 amide bonds. The van der Waals surface area contributed by atoms with Gasteiger partial charge in [-0.05, 0) is 32.1 Å². The summed E-state index contributed by atoms with van der Waals surface area (Å²) in [4.78, 5) is 25.5. The van der Waals surface area contributed by atoms with Crippen molar-refractivity contribution in [3.63, 3.8) is 0 Å². The highest BCUT2D eigenvalue weighted by atomic mass is 32.1.